The van der Waals surface area contributed by atoms with E-state index in [0.29, 0.717) is 18.1 Å². The molecule has 0 saturated heterocycles. The second-order valence-electron chi connectivity index (χ2n) is 5.37. The number of esters is 1. The fraction of sp³-hybridized carbons (Fsp3) is 0.316. The van der Waals surface area contributed by atoms with Crippen LogP contribution in [0.3, 0.4) is 0 Å². The third-order valence-electron chi connectivity index (χ3n) is 4.01. The molecule has 5 nitrogen and oxygen atoms in total. The van der Waals surface area contributed by atoms with Gasteiger partial charge in [-0.1, -0.05) is 18.2 Å². The number of hydrogen-bond acceptors (Lipinski definition) is 5. The van der Waals surface area contributed by atoms with Gasteiger partial charge in [0.1, 0.15) is 23.4 Å². The van der Waals surface area contributed by atoms with E-state index in [0.717, 1.165) is 22.4 Å². The Morgan fingerprint density at radius 1 is 1.04 bits per heavy atom. The van der Waals surface area contributed by atoms with E-state index in [4.69, 9.17) is 18.9 Å². The average molecular weight is 328 g/mol. The van der Waals surface area contributed by atoms with Crippen molar-refractivity contribution in [3.05, 3.63) is 42.0 Å². The molecule has 1 aliphatic heterocycles. The van der Waals surface area contributed by atoms with Crippen LogP contribution in [0.5, 0.6) is 17.2 Å². The fourth-order valence-electron chi connectivity index (χ4n) is 3.02. The Morgan fingerprint density at radius 2 is 1.71 bits per heavy atom. The van der Waals surface area contributed by atoms with E-state index in [9.17, 15) is 4.79 Å². The summed E-state index contributed by atoms with van der Waals surface area (Å²) < 4.78 is 22.2. The molecule has 0 amide bonds. The van der Waals surface area contributed by atoms with E-state index in [1.165, 1.54) is 0 Å². The minimum atomic E-state index is -0.422. The smallest absolute Gasteiger partial charge is 0.309 e. The van der Waals surface area contributed by atoms with Crippen LogP contribution in [0.4, 0.5) is 0 Å². The van der Waals surface area contributed by atoms with Crippen molar-refractivity contribution in [2.24, 2.45) is 0 Å². The van der Waals surface area contributed by atoms with Gasteiger partial charge in [-0.05, 0) is 25.1 Å². The van der Waals surface area contributed by atoms with E-state index in [2.05, 4.69) is 0 Å². The Hall–Kier alpha value is -2.69. The highest BCUT2D eigenvalue weighted by atomic mass is 16.5. The van der Waals surface area contributed by atoms with Crippen molar-refractivity contribution in [3.63, 3.8) is 0 Å². The summed E-state index contributed by atoms with van der Waals surface area (Å²) in [6.07, 6.45) is -0.279. The Labute approximate surface area is 141 Å². The number of ether oxygens (including phenoxy) is 4. The first-order valence-corrected chi connectivity index (χ1v) is 7.86. The molecule has 0 fully saturated rings. The van der Waals surface area contributed by atoms with E-state index in [1.807, 2.05) is 36.4 Å². The van der Waals surface area contributed by atoms with Crippen LogP contribution >= 0.6 is 0 Å². The summed E-state index contributed by atoms with van der Waals surface area (Å²) in [5, 5.41) is 0. The predicted molar refractivity (Wildman–Crippen MR) is 89.6 cm³/mol. The molecule has 1 aliphatic rings. The first-order valence-electron chi connectivity index (χ1n) is 7.86. The lowest BCUT2D eigenvalue weighted by molar-refractivity contribution is -0.145. The number of rotatable bonds is 5. The highest BCUT2D eigenvalue weighted by Gasteiger charge is 2.32. The van der Waals surface area contributed by atoms with Gasteiger partial charge in [0.25, 0.3) is 0 Å². The van der Waals surface area contributed by atoms with Crippen LogP contribution in [0.25, 0.3) is 11.1 Å². The van der Waals surface area contributed by atoms with Gasteiger partial charge >= 0.3 is 5.97 Å². The van der Waals surface area contributed by atoms with Gasteiger partial charge in [-0.2, -0.15) is 0 Å². The van der Waals surface area contributed by atoms with E-state index in [-0.39, 0.29) is 12.4 Å². The Bertz CT molecular complexity index is 753. The number of carbonyl (C=O) groups excluding carboxylic acids is 1. The number of fused-ring (bicyclic) bond motifs is 3. The largest absolute Gasteiger partial charge is 0.496 e. The summed E-state index contributed by atoms with van der Waals surface area (Å²) in [4.78, 5) is 12.0. The standard InChI is InChI=1S/C19H20O5/c1-4-23-17(20)11-16-12-7-5-8-13(21-2)18(12)19-14(22-3)9-6-10-15(19)24-16/h5-10,16H,4,11H2,1-3H3. The third-order valence-corrected chi connectivity index (χ3v) is 4.01. The van der Waals surface area contributed by atoms with Crippen LogP contribution < -0.4 is 14.2 Å². The molecule has 1 atom stereocenters. The minimum absolute atomic E-state index is 0.144. The van der Waals surface area contributed by atoms with Gasteiger partial charge < -0.3 is 18.9 Å². The molecule has 3 rings (SSSR count). The van der Waals surface area contributed by atoms with Gasteiger partial charge in [-0.25, -0.2) is 0 Å². The zero-order valence-corrected chi connectivity index (χ0v) is 14.0. The Morgan fingerprint density at radius 3 is 2.38 bits per heavy atom. The molecule has 24 heavy (non-hydrogen) atoms. The molecule has 0 saturated carbocycles. The summed E-state index contributed by atoms with van der Waals surface area (Å²) in [6.45, 7) is 2.14. The minimum Gasteiger partial charge on any atom is -0.496 e. The second kappa shape index (κ2) is 6.83. The van der Waals surface area contributed by atoms with Crippen LogP contribution in [0.2, 0.25) is 0 Å². The van der Waals surface area contributed by atoms with Crippen molar-refractivity contribution < 1.29 is 23.7 Å². The summed E-state index contributed by atoms with van der Waals surface area (Å²) in [7, 11) is 3.25. The van der Waals surface area contributed by atoms with Crippen molar-refractivity contribution in [1.82, 2.24) is 0 Å². The molecule has 0 aromatic heterocycles. The maximum absolute atomic E-state index is 12.0. The molecule has 0 aliphatic carbocycles. The van der Waals surface area contributed by atoms with Crippen LogP contribution in [-0.2, 0) is 9.53 Å². The zero-order chi connectivity index (χ0) is 17.1. The van der Waals surface area contributed by atoms with Gasteiger partial charge in [0.2, 0.25) is 0 Å². The van der Waals surface area contributed by atoms with Crippen LogP contribution in [-0.4, -0.2) is 26.8 Å². The lowest BCUT2D eigenvalue weighted by atomic mass is 9.90. The average Bonchev–Trinajstić information content (AvgIpc) is 2.60. The van der Waals surface area contributed by atoms with Crippen molar-refractivity contribution in [2.45, 2.75) is 19.4 Å². The Balaban J connectivity index is 2.13. The number of hydrogen-bond donors (Lipinski definition) is 0. The van der Waals surface area contributed by atoms with Crippen molar-refractivity contribution in [3.8, 4) is 28.4 Å². The van der Waals surface area contributed by atoms with Gasteiger partial charge in [-0.3, -0.25) is 4.79 Å². The number of methoxy groups -OCH3 is 2. The lowest BCUT2D eigenvalue weighted by Crippen LogP contribution is -2.19. The predicted octanol–water partition coefficient (Wildman–Crippen LogP) is 3.76. The van der Waals surface area contributed by atoms with Crippen LogP contribution in [0.15, 0.2) is 36.4 Å². The summed E-state index contributed by atoms with van der Waals surface area (Å²) in [6, 6.07) is 11.3. The van der Waals surface area contributed by atoms with Gasteiger partial charge in [0.05, 0.1) is 32.8 Å². The topological polar surface area (TPSA) is 54.0 Å². The molecule has 0 bridgehead atoms. The van der Waals surface area contributed by atoms with Crippen LogP contribution in [0, 0.1) is 0 Å². The fourth-order valence-corrected chi connectivity index (χ4v) is 3.02. The summed E-state index contributed by atoms with van der Waals surface area (Å²) >= 11 is 0. The lowest BCUT2D eigenvalue weighted by Gasteiger charge is -2.30. The number of carbonyl (C=O) groups is 1. The third kappa shape index (κ3) is 2.77. The summed E-state index contributed by atoms with van der Waals surface area (Å²) in [5.74, 6) is 1.80. The molecule has 0 N–H and O–H groups in total. The van der Waals surface area contributed by atoms with E-state index in [1.54, 1.807) is 21.1 Å². The molecular formula is C19H20O5. The first-order chi connectivity index (χ1) is 11.7. The molecule has 0 radical (unpaired) electrons. The molecule has 2 aromatic carbocycles. The Kier molecular flexibility index (Phi) is 4.60. The molecule has 0 spiro atoms. The second-order valence-corrected chi connectivity index (χ2v) is 5.37. The first kappa shape index (κ1) is 16.2. The van der Waals surface area contributed by atoms with Crippen molar-refractivity contribution in [1.29, 1.82) is 0 Å². The zero-order valence-electron chi connectivity index (χ0n) is 14.0. The molecule has 2 aromatic rings. The van der Waals surface area contributed by atoms with E-state index < -0.39 is 6.10 Å². The molecule has 1 heterocycles. The van der Waals surface area contributed by atoms with Gasteiger partial charge in [0.15, 0.2) is 0 Å². The van der Waals surface area contributed by atoms with Crippen molar-refractivity contribution in [2.75, 3.05) is 20.8 Å². The molecule has 5 heteroatoms. The van der Waals surface area contributed by atoms with Gasteiger partial charge in [0, 0.05) is 11.1 Å². The molecule has 126 valence electrons. The van der Waals surface area contributed by atoms with Crippen LogP contribution in [0.1, 0.15) is 25.0 Å². The molecule has 1 unspecified atom stereocenters. The highest BCUT2D eigenvalue weighted by molar-refractivity contribution is 5.86. The van der Waals surface area contributed by atoms with Gasteiger partial charge in [-0.15, -0.1) is 0 Å². The van der Waals surface area contributed by atoms with Crippen molar-refractivity contribution >= 4 is 5.97 Å². The quantitative estimate of drug-likeness (QED) is 0.782. The monoisotopic (exact) mass is 328 g/mol. The SMILES string of the molecule is CCOC(=O)CC1Oc2cccc(OC)c2-c2c(OC)cccc21. The van der Waals surface area contributed by atoms with E-state index >= 15 is 0 Å². The maximum atomic E-state index is 12.0. The summed E-state index contributed by atoms with van der Waals surface area (Å²) in [5.41, 5.74) is 2.62. The highest BCUT2D eigenvalue weighted by Crippen LogP contribution is 2.51. The number of benzene rings is 2. The maximum Gasteiger partial charge on any atom is 0.309 e. The normalized spacial score (nSPS) is 14.9. The molecular weight excluding hydrogens is 308 g/mol.